The molecule has 3 rings (SSSR count). The van der Waals surface area contributed by atoms with Gasteiger partial charge in [0.25, 0.3) is 0 Å². The van der Waals surface area contributed by atoms with Crippen molar-refractivity contribution in [3.05, 3.63) is 59.7 Å². The minimum Gasteiger partial charge on any atom is -0.480 e. The van der Waals surface area contributed by atoms with E-state index >= 15 is 0 Å². The predicted octanol–water partition coefficient (Wildman–Crippen LogP) is 2.89. The van der Waals surface area contributed by atoms with E-state index in [0.717, 1.165) is 22.3 Å². The Morgan fingerprint density at radius 2 is 1.55 bits per heavy atom. The van der Waals surface area contributed by atoms with Gasteiger partial charge in [0, 0.05) is 12.3 Å². The molecule has 0 bridgehead atoms. The molecule has 8 nitrogen and oxygen atoms in total. The molecule has 0 unspecified atom stereocenters. The van der Waals surface area contributed by atoms with Gasteiger partial charge in [-0.3, -0.25) is 9.59 Å². The molecule has 0 saturated heterocycles. The van der Waals surface area contributed by atoms with Gasteiger partial charge in [0.1, 0.15) is 24.9 Å². The number of hydrogen-bond acceptors (Lipinski definition) is 6. The van der Waals surface area contributed by atoms with Gasteiger partial charge in [0.15, 0.2) is 0 Å². The Kier molecular flexibility index (Phi) is 7.02. The molecule has 1 aliphatic rings. The SMILES string of the molecule is CCOC(=O)CC(=O)C[C@H](NC(=O)OCC1c2ccccc2-c2ccccc21)C(=O)O. The summed E-state index contributed by atoms with van der Waals surface area (Å²) in [5.41, 5.74) is 4.19. The fourth-order valence-corrected chi connectivity index (χ4v) is 3.66. The molecule has 0 heterocycles. The summed E-state index contributed by atoms with van der Waals surface area (Å²) in [6.45, 7) is 1.73. The third-order valence-corrected chi connectivity index (χ3v) is 5.01. The molecule has 1 aliphatic carbocycles. The monoisotopic (exact) mass is 425 g/mol. The van der Waals surface area contributed by atoms with Crippen LogP contribution in [0.5, 0.6) is 0 Å². The van der Waals surface area contributed by atoms with E-state index in [2.05, 4.69) is 10.1 Å². The Morgan fingerprint density at radius 3 is 2.10 bits per heavy atom. The number of rotatable bonds is 9. The van der Waals surface area contributed by atoms with Gasteiger partial charge in [0.05, 0.1) is 6.61 Å². The van der Waals surface area contributed by atoms with Crippen LogP contribution in [0.15, 0.2) is 48.5 Å². The van der Waals surface area contributed by atoms with Crippen LogP contribution in [-0.4, -0.2) is 48.2 Å². The summed E-state index contributed by atoms with van der Waals surface area (Å²) < 4.78 is 9.97. The lowest BCUT2D eigenvalue weighted by molar-refractivity contribution is -0.147. The number of benzene rings is 2. The Morgan fingerprint density at radius 1 is 0.968 bits per heavy atom. The van der Waals surface area contributed by atoms with Crippen molar-refractivity contribution in [2.75, 3.05) is 13.2 Å². The minimum atomic E-state index is -1.50. The van der Waals surface area contributed by atoms with Crippen molar-refractivity contribution in [1.82, 2.24) is 5.32 Å². The van der Waals surface area contributed by atoms with Crippen LogP contribution in [0.2, 0.25) is 0 Å². The molecule has 31 heavy (non-hydrogen) atoms. The number of esters is 1. The van der Waals surface area contributed by atoms with Crippen LogP contribution < -0.4 is 5.32 Å². The van der Waals surface area contributed by atoms with Gasteiger partial charge in [-0.25, -0.2) is 9.59 Å². The van der Waals surface area contributed by atoms with Gasteiger partial charge in [-0.15, -0.1) is 0 Å². The maximum Gasteiger partial charge on any atom is 0.407 e. The van der Waals surface area contributed by atoms with Crippen molar-refractivity contribution in [1.29, 1.82) is 0 Å². The van der Waals surface area contributed by atoms with Crippen LogP contribution in [0.3, 0.4) is 0 Å². The molecule has 0 spiro atoms. The van der Waals surface area contributed by atoms with E-state index < -0.39 is 42.7 Å². The van der Waals surface area contributed by atoms with Crippen molar-refractivity contribution in [2.45, 2.75) is 31.7 Å². The third kappa shape index (κ3) is 5.28. The summed E-state index contributed by atoms with van der Waals surface area (Å²) in [4.78, 5) is 47.0. The van der Waals surface area contributed by atoms with Crippen LogP contribution in [0, 0.1) is 0 Å². The van der Waals surface area contributed by atoms with Crippen LogP contribution in [0.1, 0.15) is 36.8 Å². The zero-order chi connectivity index (χ0) is 22.4. The molecule has 162 valence electrons. The fourth-order valence-electron chi connectivity index (χ4n) is 3.66. The van der Waals surface area contributed by atoms with Gasteiger partial charge in [-0.05, 0) is 29.2 Å². The summed E-state index contributed by atoms with van der Waals surface area (Å²) in [5, 5.41) is 11.5. The van der Waals surface area contributed by atoms with E-state index in [1.807, 2.05) is 48.5 Å². The zero-order valence-corrected chi connectivity index (χ0v) is 17.0. The molecule has 0 aliphatic heterocycles. The highest BCUT2D eigenvalue weighted by Gasteiger charge is 2.30. The van der Waals surface area contributed by atoms with Crippen molar-refractivity contribution in [2.24, 2.45) is 0 Å². The van der Waals surface area contributed by atoms with E-state index in [4.69, 9.17) is 4.74 Å². The van der Waals surface area contributed by atoms with Gasteiger partial charge in [-0.2, -0.15) is 0 Å². The normalized spacial score (nSPS) is 12.9. The average molecular weight is 425 g/mol. The Hall–Kier alpha value is -3.68. The standard InChI is InChI=1S/C23H23NO7/c1-2-30-21(26)12-14(25)11-20(22(27)28)24-23(29)31-13-19-17-9-5-3-7-15(17)16-8-4-6-10-18(16)19/h3-10,19-20H,2,11-13H2,1H3,(H,24,29)(H,27,28)/t20-/m0/s1. The number of fused-ring (bicyclic) bond motifs is 3. The Balaban J connectivity index is 1.60. The molecular formula is C23H23NO7. The lowest BCUT2D eigenvalue weighted by Gasteiger charge is -2.17. The zero-order valence-electron chi connectivity index (χ0n) is 17.0. The number of carbonyl (C=O) groups is 4. The minimum absolute atomic E-state index is 0.0168. The number of ether oxygens (including phenoxy) is 2. The first-order valence-electron chi connectivity index (χ1n) is 9.92. The molecule has 0 saturated carbocycles. The summed E-state index contributed by atoms with van der Waals surface area (Å²) in [7, 11) is 0. The number of carboxylic acid groups (broad SMARTS) is 1. The van der Waals surface area contributed by atoms with Crippen LogP contribution >= 0.6 is 0 Å². The molecule has 0 radical (unpaired) electrons. The highest BCUT2D eigenvalue weighted by Crippen LogP contribution is 2.44. The molecule has 2 aromatic carbocycles. The number of nitrogens with one attached hydrogen (secondary N) is 1. The first-order chi connectivity index (χ1) is 14.9. The predicted molar refractivity (Wildman–Crippen MR) is 111 cm³/mol. The van der Waals surface area contributed by atoms with Gasteiger partial charge in [-0.1, -0.05) is 48.5 Å². The Labute approximate surface area is 179 Å². The van der Waals surface area contributed by atoms with Crippen molar-refractivity contribution < 1.29 is 33.8 Å². The lowest BCUT2D eigenvalue weighted by atomic mass is 9.98. The van der Waals surface area contributed by atoms with Gasteiger partial charge in [0.2, 0.25) is 0 Å². The summed E-state index contributed by atoms with van der Waals surface area (Å²) >= 11 is 0. The average Bonchev–Trinajstić information content (AvgIpc) is 3.05. The molecule has 0 aromatic heterocycles. The number of aliphatic carboxylic acids is 1. The molecule has 2 N–H and O–H groups in total. The highest BCUT2D eigenvalue weighted by atomic mass is 16.5. The smallest absolute Gasteiger partial charge is 0.407 e. The van der Waals surface area contributed by atoms with Crippen LogP contribution in [-0.2, 0) is 23.9 Å². The summed E-state index contributed by atoms with van der Waals surface area (Å²) in [6, 6.07) is 14.1. The van der Waals surface area contributed by atoms with E-state index in [0.29, 0.717) is 0 Å². The Bertz CT molecular complexity index is 955. The van der Waals surface area contributed by atoms with E-state index in [-0.39, 0.29) is 19.1 Å². The number of amides is 1. The molecule has 0 fully saturated rings. The first kappa shape index (κ1) is 22.0. The van der Waals surface area contributed by atoms with E-state index in [1.165, 1.54) is 0 Å². The second-order valence-corrected chi connectivity index (χ2v) is 7.09. The van der Waals surface area contributed by atoms with E-state index in [9.17, 15) is 24.3 Å². The number of carbonyl (C=O) groups excluding carboxylic acids is 3. The maximum atomic E-state index is 12.2. The maximum absolute atomic E-state index is 12.2. The largest absolute Gasteiger partial charge is 0.480 e. The molecular weight excluding hydrogens is 402 g/mol. The number of ketones is 1. The van der Waals surface area contributed by atoms with Crippen molar-refractivity contribution >= 4 is 23.8 Å². The van der Waals surface area contributed by atoms with Gasteiger partial charge >= 0.3 is 18.0 Å². The van der Waals surface area contributed by atoms with Crippen molar-refractivity contribution in [3.8, 4) is 11.1 Å². The second kappa shape index (κ2) is 9.88. The quantitative estimate of drug-likeness (QED) is 0.468. The molecule has 2 aromatic rings. The summed E-state index contributed by atoms with van der Waals surface area (Å²) in [5.74, 6) is -2.96. The second-order valence-electron chi connectivity index (χ2n) is 7.09. The van der Waals surface area contributed by atoms with Crippen LogP contribution in [0.4, 0.5) is 4.79 Å². The molecule has 1 amide bonds. The number of Topliss-reactive ketones (excluding diaryl/α,β-unsaturated/α-hetero) is 1. The van der Waals surface area contributed by atoms with Crippen LogP contribution in [0.25, 0.3) is 11.1 Å². The first-order valence-corrected chi connectivity index (χ1v) is 9.92. The number of carboxylic acids is 1. The summed E-state index contributed by atoms with van der Waals surface area (Å²) in [6.07, 6.45) is -2.04. The molecule has 1 atom stereocenters. The fraction of sp³-hybridized carbons (Fsp3) is 0.304. The topological polar surface area (TPSA) is 119 Å². The number of hydrogen-bond donors (Lipinski definition) is 2. The van der Waals surface area contributed by atoms with Crippen molar-refractivity contribution in [3.63, 3.8) is 0 Å². The number of alkyl carbamates (subject to hydrolysis) is 1. The third-order valence-electron chi connectivity index (χ3n) is 5.01. The lowest BCUT2D eigenvalue weighted by Crippen LogP contribution is -2.43. The molecule has 8 heteroatoms. The van der Waals surface area contributed by atoms with Gasteiger partial charge < -0.3 is 19.9 Å². The van der Waals surface area contributed by atoms with E-state index in [1.54, 1.807) is 6.92 Å². The highest BCUT2D eigenvalue weighted by molar-refractivity contribution is 5.98.